The molecule has 0 spiro atoms. The van der Waals surface area contributed by atoms with Gasteiger partial charge in [-0.05, 0) is 6.07 Å². The van der Waals surface area contributed by atoms with E-state index in [2.05, 4.69) is 0 Å². The molecule has 2 heterocycles. The van der Waals surface area contributed by atoms with Crippen LogP contribution in [0.2, 0.25) is 0 Å². The van der Waals surface area contributed by atoms with Gasteiger partial charge in [0.2, 0.25) is 0 Å². The molecule has 98 valence electrons. The summed E-state index contributed by atoms with van der Waals surface area (Å²) in [6, 6.07) is 3.11. The topological polar surface area (TPSA) is 117 Å². The SMILES string of the molecule is NC(=O)c1ccc[n+]([C@H]2OC(CO)C(O)[C@H]2O)c1. The highest BCUT2D eigenvalue weighted by Crippen LogP contribution is 2.24. The van der Waals surface area contributed by atoms with E-state index >= 15 is 0 Å². The largest absolute Gasteiger partial charge is 0.394 e. The normalized spacial score (nSPS) is 31.5. The van der Waals surface area contributed by atoms with Crippen LogP contribution in [0.1, 0.15) is 16.6 Å². The zero-order valence-electron chi connectivity index (χ0n) is 9.51. The van der Waals surface area contributed by atoms with Crippen LogP contribution in [0.15, 0.2) is 24.5 Å². The van der Waals surface area contributed by atoms with Gasteiger partial charge in [0.1, 0.15) is 17.8 Å². The molecule has 0 aliphatic carbocycles. The smallest absolute Gasteiger partial charge is 0.292 e. The van der Waals surface area contributed by atoms with Gasteiger partial charge in [-0.25, -0.2) is 0 Å². The minimum absolute atomic E-state index is 0.259. The van der Waals surface area contributed by atoms with Crippen molar-refractivity contribution in [3.8, 4) is 0 Å². The summed E-state index contributed by atoms with van der Waals surface area (Å²) in [5.74, 6) is -0.601. The third-order valence-electron chi connectivity index (χ3n) is 2.92. The molecule has 18 heavy (non-hydrogen) atoms. The quantitative estimate of drug-likeness (QED) is 0.453. The summed E-state index contributed by atoms with van der Waals surface area (Å²) >= 11 is 0. The minimum atomic E-state index is -1.18. The summed E-state index contributed by atoms with van der Waals surface area (Å²) < 4.78 is 6.75. The number of aliphatic hydroxyl groups excluding tert-OH is 3. The number of aromatic nitrogens is 1. The number of aliphatic hydroxyl groups is 3. The van der Waals surface area contributed by atoms with E-state index in [1.807, 2.05) is 0 Å². The maximum Gasteiger partial charge on any atom is 0.292 e. The predicted molar refractivity (Wildman–Crippen MR) is 58.2 cm³/mol. The van der Waals surface area contributed by atoms with Crippen molar-refractivity contribution in [2.24, 2.45) is 5.73 Å². The van der Waals surface area contributed by atoms with Crippen molar-refractivity contribution in [1.82, 2.24) is 0 Å². The molecular weight excluding hydrogens is 240 g/mol. The number of hydrogen-bond acceptors (Lipinski definition) is 5. The molecule has 0 radical (unpaired) electrons. The molecule has 4 atom stereocenters. The van der Waals surface area contributed by atoms with Gasteiger partial charge in [-0.3, -0.25) is 4.79 Å². The Bertz CT molecular complexity index is 453. The van der Waals surface area contributed by atoms with E-state index in [1.165, 1.54) is 16.8 Å². The minimum Gasteiger partial charge on any atom is -0.394 e. The standard InChI is InChI=1S/C11H14N2O5/c12-10(17)6-2-1-3-13(4-6)11-9(16)8(15)7(5-14)18-11/h1-4,7-9,11,14-16H,5H2,(H-,12,17)/p+1/t7?,8?,9-,11+/m1/s1. The lowest BCUT2D eigenvalue weighted by Gasteiger charge is -2.09. The first-order valence-electron chi connectivity index (χ1n) is 5.47. The van der Waals surface area contributed by atoms with Gasteiger partial charge in [0.25, 0.3) is 12.1 Å². The van der Waals surface area contributed by atoms with E-state index in [-0.39, 0.29) is 5.56 Å². The molecule has 1 aliphatic heterocycles. The summed E-state index contributed by atoms with van der Waals surface area (Å²) in [5, 5.41) is 28.4. The van der Waals surface area contributed by atoms with Crippen molar-refractivity contribution in [3.63, 3.8) is 0 Å². The van der Waals surface area contributed by atoms with Crippen LogP contribution in [-0.2, 0) is 4.74 Å². The van der Waals surface area contributed by atoms with Crippen molar-refractivity contribution < 1.29 is 29.4 Å². The van der Waals surface area contributed by atoms with Gasteiger partial charge >= 0.3 is 0 Å². The molecule has 1 amide bonds. The van der Waals surface area contributed by atoms with E-state index in [4.69, 9.17) is 15.6 Å². The number of amides is 1. The molecule has 5 N–H and O–H groups in total. The van der Waals surface area contributed by atoms with Crippen LogP contribution in [0, 0.1) is 0 Å². The van der Waals surface area contributed by atoms with Gasteiger partial charge in [0.05, 0.1) is 6.61 Å². The highest BCUT2D eigenvalue weighted by atomic mass is 16.6. The molecule has 1 aliphatic rings. The molecule has 0 aromatic carbocycles. The first-order valence-corrected chi connectivity index (χ1v) is 5.47. The summed E-state index contributed by atoms with van der Waals surface area (Å²) in [5.41, 5.74) is 5.41. The van der Waals surface area contributed by atoms with E-state index in [0.717, 1.165) is 0 Å². The van der Waals surface area contributed by atoms with Crippen LogP contribution in [0.5, 0.6) is 0 Å². The fourth-order valence-corrected chi connectivity index (χ4v) is 1.92. The Morgan fingerprint density at radius 1 is 1.44 bits per heavy atom. The Balaban J connectivity index is 2.27. The van der Waals surface area contributed by atoms with Crippen molar-refractivity contribution in [3.05, 3.63) is 30.1 Å². The molecular formula is C11H15N2O5+. The zero-order chi connectivity index (χ0) is 13.3. The monoisotopic (exact) mass is 255 g/mol. The first-order chi connectivity index (χ1) is 8.54. The van der Waals surface area contributed by atoms with Crippen LogP contribution in [-0.4, -0.2) is 46.1 Å². The van der Waals surface area contributed by atoms with Crippen LogP contribution < -0.4 is 10.3 Å². The van der Waals surface area contributed by atoms with Crippen molar-refractivity contribution >= 4 is 5.91 Å². The maximum atomic E-state index is 11.1. The summed E-state index contributed by atoms with van der Waals surface area (Å²) in [4.78, 5) is 11.1. The molecule has 1 saturated heterocycles. The Labute approximate surface area is 103 Å². The van der Waals surface area contributed by atoms with Crippen molar-refractivity contribution in [2.75, 3.05) is 6.61 Å². The second-order valence-corrected chi connectivity index (χ2v) is 4.13. The molecule has 2 rings (SSSR count). The second kappa shape index (κ2) is 4.99. The highest BCUT2D eigenvalue weighted by Gasteiger charge is 2.47. The molecule has 7 heteroatoms. The molecule has 1 fully saturated rings. The second-order valence-electron chi connectivity index (χ2n) is 4.13. The number of rotatable bonds is 3. The van der Waals surface area contributed by atoms with Crippen LogP contribution in [0.25, 0.3) is 0 Å². The van der Waals surface area contributed by atoms with Gasteiger partial charge in [-0.2, -0.15) is 4.57 Å². The van der Waals surface area contributed by atoms with E-state index in [9.17, 15) is 15.0 Å². The fraction of sp³-hybridized carbons (Fsp3) is 0.455. The van der Waals surface area contributed by atoms with Gasteiger partial charge < -0.3 is 25.8 Å². The van der Waals surface area contributed by atoms with Crippen LogP contribution in [0.4, 0.5) is 0 Å². The van der Waals surface area contributed by atoms with Gasteiger partial charge in [0, 0.05) is 6.07 Å². The Morgan fingerprint density at radius 2 is 2.17 bits per heavy atom. The number of nitrogens with zero attached hydrogens (tertiary/aromatic N) is 1. The summed E-state index contributed by atoms with van der Waals surface area (Å²) in [6.07, 6.45) is -1.08. The highest BCUT2D eigenvalue weighted by molar-refractivity contribution is 5.92. The summed E-state index contributed by atoms with van der Waals surface area (Å²) in [7, 11) is 0. The van der Waals surface area contributed by atoms with Crippen LogP contribution >= 0.6 is 0 Å². The third kappa shape index (κ3) is 2.21. The number of carbonyl (C=O) groups is 1. The summed E-state index contributed by atoms with van der Waals surface area (Å²) in [6.45, 7) is -0.398. The number of nitrogens with two attached hydrogens (primary N) is 1. The fourth-order valence-electron chi connectivity index (χ4n) is 1.92. The van der Waals surface area contributed by atoms with Crippen molar-refractivity contribution in [1.29, 1.82) is 0 Å². The van der Waals surface area contributed by atoms with Crippen LogP contribution in [0.3, 0.4) is 0 Å². The first kappa shape index (κ1) is 12.9. The lowest BCUT2D eigenvalue weighted by atomic mass is 10.1. The zero-order valence-corrected chi connectivity index (χ0v) is 9.51. The lowest BCUT2D eigenvalue weighted by Crippen LogP contribution is -2.46. The Kier molecular flexibility index (Phi) is 3.58. The predicted octanol–water partition coefficient (Wildman–Crippen LogP) is -2.32. The maximum absolute atomic E-state index is 11.1. The lowest BCUT2D eigenvalue weighted by molar-refractivity contribution is -0.765. The molecule has 7 nitrogen and oxygen atoms in total. The number of primary amides is 1. The third-order valence-corrected chi connectivity index (χ3v) is 2.92. The Morgan fingerprint density at radius 3 is 2.72 bits per heavy atom. The van der Waals surface area contributed by atoms with E-state index < -0.39 is 37.1 Å². The molecule has 2 unspecified atom stereocenters. The van der Waals surface area contributed by atoms with E-state index in [0.29, 0.717) is 0 Å². The van der Waals surface area contributed by atoms with Crippen molar-refractivity contribution in [2.45, 2.75) is 24.5 Å². The van der Waals surface area contributed by atoms with E-state index in [1.54, 1.807) is 12.3 Å². The van der Waals surface area contributed by atoms with Gasteiger partial charge in [0.15, 0.2) is 18.5 Å². The molecule has 0 bridgehead atoms. The molecule has 1 aromatic rings. The van der Waals surface area contributed by atoms with Gasteiger partial charge in [-0.1, -0.05) is 0 Å². The number of ether oxygens (including phenoxy) is 1. The molecule has 0 saturated carbocycles. The average Bonchev–Trinajstić information content (AvgIpc) is 2.66. The molecule has 1 aromatic heterocycles. The van der Waals surface area contributed by atoms with Gasteiger partial charge in [-0.15, -0.1) is 0 Å². The average molecular weight is 255 g/mol. The number of hydrogen-bond donors (Lipinski definition) is 4. The Hall–Kier alpha value is -1.54. The number of pyridine rings is 1. The number of carbonyl (C=O) groups excluding carboxylic acids is 1.